The van der Waals surface area contributed by atoms with Crippen LogP contribution in [0.4, 0.5) is 5.69 Å². The SMILES string of the molecule is N#[N+]c1ccc(Cl)c(S(=O)(=O)O)c1S(=O)(=O)O. The fourth-order valence-electron chi connectivity index (χ4n) is 1.10. The molecule has 17 heavy (non-hydrogen) atoms. The molecule has 0 spiro atoms. The third-order valence-electron chi connectivity index (χ3n) is 1.67. The average Bonchev–Trinajstić information content (AvgIpc) is 2.13. The van der Waals surface area contributed by atoms with E-state index < -0.39 is 40.7 Å². The van der Waals surface area contributed by atoms with E-state index >= 15 is 0 Å². The number of halogens is 1. The van der Waals surface area contributed by atoms with Gasteiger partial charge < -0.3 is 0 Å². The highest BCUT2D eigenvalue weighted by molar-refractivity contribution is 7.89. The minimum Gasteiger partial charge on any atom is -0.282 e. The van der Waals surface area contributed by atoms with Gasteiger partial charge in [0.05, 0.1) is 5.02 Å². The van der Waals surface area contributed by atoms with Crippen LogP contribution in [-0.2, 0) is 20.2 Å². The first kappa shape index (κ1) is 13.8. The van der Waals surface area contributed by atoms with Crippen molar-refractivity contribution in [3.8, 4) is 0 Å². The summed E-state index contributed by atoms with van der Waals surface area (Å²) >= 11 is 5.41. The van der Waals surface area contributed by atoms with Gasteiger partial charge in [-0.1, -0.05) is 11.6 Å². The minimum atomic E-state index is -5.06. The lowest BCUT2D eigenvalue weighted by Crippen LogP contribution is -2.09. The van der Waals surface area contributed by atoms with Gasteiger partial charge in [-0.3, -0.25) is 9.11 Å². The van der Waals surface area contributed by atoms with Crippen LogP contribution in [0, 0.1) is 5.39 Å². The van der Waals surface area contributed by atoms with Gasteiger partial charge >= 0.3 is 15.8 Å². The van der Waals surface area contributed by atoms with Crippen molar-refractivity contribution < 1.29 is 25.9 Å². The molecule has 0 unspecified atom stereocenters. The fourth-order valence-corrected chi connectivity index (χ4v) is 3.61. The Hall–Kier alpha value is -1.25. The molecule has 0 aliphatic heterocycles. The fraction of sp³-hybridized carbons (Fsp3) is 0. The number of hydrogen-bond donors (Lipinski definition) is 2. The van der Waals surface area contributed by atoms with E-state index in [1.807, 2.05) is 0 Å². The summed E-state index contributed by atoms with van der Waals surface area (Å²) in [4.78, 5) is -0.0702. The Morgan fingerprint density at radius 3 is 1.88 bits per heavy atom. The summed E-state index contributed by atoms with van der Waals surface area (Å²) in [5.41, 5.74) is -0.774. The van der Waals surface area contributed by atoms with Gasteiger partial charge in [-0.25, -0.2) is 0 Å². The molecule has 8 nitrogen and oxygen atoms in total. The lowest BCUT2D eigenvalue weighted by molar-refractivity contribution is 0.467. The molecule has 0 radical (unpaired) electrons. The summed E-state index contributed by atoms with van der Waals surface area (Å²) in [5.74, 6) is 0. The van der Waals surface area contributed by atoms with Crippen molar-refractivity contribution in [1.29, 1.82) is 5.39 Å². The number of hydrogen-bond acceptors (Lipinski definition) is 5. The van der Waals surface area contributed by atoms with Crippen LogP contribution in [-0.4, -0.2) is 25.9 Å². The molecule has 0 heterocycles. The Bertz CT molecular complexity index is 718. The maximum absolute atomic E-state index is 11.0. The molecule has 2 N–H and O–H groups in total. The van der Waals surface area contributed by atoms with Crippen molar-refractivity contribution in [2.75, 3.05) is 0 Å². The Morgan fingerprint density at radius 1 is 1.06 bits per heavy atom. The summed E-state index contributed by atoms with van der Waals surface area (Å²) in [5, 5.41) is 7.85. The maximum atomic E-state index is 11.0. The predicted molar refractivity (Wildman–Crippen MR) is 55.8 cm³/mol. The zero-order chi connectivity index (χ0) is 13.4. The second-order valence-electron chi connectivity index (χ2n) is 2.77. The molecule has 0 amide bonds. The lowest BCUT2D eigenvalue weighted by Gasteiger charge is -2.03. The predicted octanol–water partition coefficient (Wildman–Crippen LogP) is 1.32. The molecule has 92 valence electrons. The number of benzene rings is 1. The van der Waals surface area contributed by atoms with E-state index in [0.717, 1.165) is 12.1 Å². The van der Waals surface area contributed by atoms with E-state index in [0.29, 0.717) is 0 Å². The molecule has 0 aromatic heterocycles. The van der Waals surface area contributed by atoms with Gasteiger partial charge in [0.25, 0.3) is 10.1 Å². The van der Waals surface area contributed by atoms with E-state index in [1.165, 1.54) is 0 Å². The molecule has 1 aromatic carbocycles. The Morgan fingerprint density at radius 2 is 1.53 bits per heavy atom. The van der Waals surface area contributed by atoms with E-state index in [9.17, 15) is 16.8 Å². The normalized spacial score (nSPS) is 12.1. The highest BCUT2D eigenvalue weighted by Crippen LogP contribution is 2.35. The molecular formula is C6H4ClN2O6S2+. The molecular weight excluding hydrogens is 296 g/mol. The van der Waals surface area contributed by atoms with Gasteiger partial charge in [-0.2, -0.15) is 16.8 Å². The van der Waals surface area contributed by atoms with Crippen LogP contribution in [0.15, 0.2) is 21.9 Å². The Balaban J connectivity index is 4.03. The summed E-state index contributed by atoms with van der Waals surface area (Å²) in [6, 6.07) is 1.73. The zero-order valence-electron chi connectivity index (χ0n) is 7.77. The van der Waals surface area contributed by atoms with Gasteiger partial charge in [0, 0.05) is 6.07 Å². The molecule has 0 saturated carbocycles. The van der Waals surface area contributed by atoms with Crippen LogP contribution in [0.5, 0.6) is 0 Å². The number of diazo groups is 1. The first-order valence-corrected chi connectivity index (χ1v) is 6.97. The van der Waals surface area contributed by atoms with Gasteiger partial charge in [0.1, 0.15) is 4.90 Å². The lowest BCUT2D eigenvalue weighted by atomic mass is 10.3. The van der Waals surface area contributed by atoms with Gasteiger partial charge in [0.2, 0.25) is 10.3 Å². The zero-order valence-corrected chi connectivity index (χ0v) is 10.2. The van der Waals surface area contributed by atoms with E-state index in [1.54, 1.807) is 0 Å². The van der Waals surface area contributed by atoms with Crippen molar-refractivity contribution >= 4 is 37.5 Å². The maximum Gasteiger partial charge on any atom is 0.407 e. The number of rotatable bonds is 2. The largest absolute Gasteiger partial charge is 0.407 e. The molecule has 0 bridgehead atoms. The highest BCUT2D eigenvalue weighted by atomic mass is 35.5. The quantitative estimate of drug-likeness (QED) is 0.620. The molecule has 1 aromatic rings. The second-order valence-corrected chi connectivity index (χ2v) is 5.90. The molecule has 0 saturated heterocycles. The molecule has 0 atom stereocenters. The smallest absolute Gasteiger partial charge is 0.282 e. The van der Waals surface area contributed by atoms with Crippen LogP contribution in [0.25, 0.3) is 4.98 Å². The van der Waals surface area contributed by atoms with Crippen molar-refractivity contribution in [2.45, 2.75) is 9.79 Å². The standard InChI is InChI=1S/C6H3ClN2O6S2/c7-3-1-2-4(9-8)6(17(13,14)15)5(3)16(10,11)12/h1-2H,(H-,10,11,12,13,14,15)/p+1. The van der Waals surface area contributed by atoms with Crippen LogP contribution in [0.3, 0.4) is 0 Å². The second kappa shape index (κ2) is 4.21. The monoisotopic (exact) mass is 299 g/mol. The molecule has 0 fully saturated rings. The van der Waals surface area contributed by atoms with E-state index in [-0.39, 0.29) is 0 Å². The summed E-state index contributed by atoms with van der Waals surface area (Å²) in [7, 11) is -10.1. The van der Waals surface area contributed by atoms with Crippen LogP contribution < -0.4 is 0 Å². The van der Waals surface area contributed by atoms with Crippen LogP contribution >= 0.6 is 11.6 Å². The highest BCUT2D eigenvalue weighted by Gasteiger charge is 2.36. The average molecular weight is 300 g/mol. The Kier molecular flexibility index (Phi) is 3.42. The van der Waals surface area contributed by atoms with Crippen molar-refractivity contribution in [3.63, 3.8) is 0 Å². The molecule has 1 rings (SSSR count). The van der Waals surface area contributed by atoms with Gasteiger partial charge in [-0.05, 0) is 6.07 Å². The van der Waals surface area contributed by atoms with E-state index in [2.05, 4.69) is 4.98 Å². The third-order valence-corrected chi connectivity index (χ3v) is 4.09. The molecule has 11 heteroatoms. The van der Waals surface area contributed by atoms with Crippen LogP contribution in [0.1, 0.15) is 0 Å². The molecule has 0 aliphatic rings. The van der Waals surface area contributed by atoms with Crippen LogP contribution in [0.2, 0.25) is 5.02 Å². The topological polar surface area (TPSA) is 137 Å². The first-order chi connectivity index (χ1) is 7.59. The summed E-state index contributed by atoms with van der Waals surface area (Å²) in [6.45, 7) is 0. The minimum absolute atomic E-state index is 0.646. The molecule has 0 aliphatic carbocycles. The van der Waals surface area contributed by atoms with Gasteiger partial charge in [-0.15, -0.1) is 0 Å². The first-order valence-electron chi connectivity index (χ1n) is 3.71. The summed E-state index contributed by atoms with van der Waals surface area (Å²) in [6.07, 6.45) is 0. The van der Waals surface area contributed by atoms with Crippen molar-refractivity contribution in [2.24, 2.45) is 0 Å². The van der Waals surface area contributed by atoms with Crippen molar-refractivity contribution in [3.05, 3.63) is 22.1 Å². The van der Waals surface area contributed by atoms with E-state index in [4.69, 9.17) is 26.1 Å². The number of nitrogens with zero attached hydrogens (tertiary/aromatic N) is 2. The van der Waals surface area contributed by atoms with Crippen molar-refractivity contribution in [1.82, 2.24) is 0 Å². The van der Waals surface area contributed by atoms with Gasteiger partial charge in [0.15, 0.2) is 4.98 Å². The summed E-state index contributed by atoms with van der Waals surface area (Å²) < 4.78 is 61.5. The third kappa shape index (κ3) is 2.71. The Labute approximate surface area is 101 Å².